The molecule has 1 heterocycles. The SMILES string of the molecule is CCN(CC(=O)O)Cc1cscn1. The van der Waals surface area contributed by atoms with Gasteiger partial charge in [0.05, 0.1) is 17.7 Å². The lowest BCUT2D eigenvalue weighted by atomic mass is 10.4. The van der Waals surface area contributed by atoms with Crippen LogP contribution < -0.4 is 0 Å². The molecule has 1 aromatic rings. The lowest BCUT2D eigenvalue weighted by Crippen LogP contribution is -2.29. The van der Waals surface area contributed by atoms with Crippen molar-refractivity contribution in [1.29, 1.82) is 0 Å². The highest BCUT2D eigenvalue weighted by atomic mass is 32.1. The highest BCUT2D eigenvalue weighted by Gasteiger charge is 2.08. The van der Waals surface area contributed by atoms with Crippen molar-refractivity contribution in [1.82, 2.24) is 9.88 Å². The average molecular weight is 200 g/mol. The lowest BCUT2D eigenvalue weighted by Gasteiger charge is -2.15. The van der Waals surface area contributed by atoms with Gasteiger partial charge in [-0.1, -0.05) is 6.92 Å². The molecule has 72 valence electrons. The first-order valence-electron chi connectivity index (χ1n) is 4.03. The number of hydrogen-bond acceptors (Lipinski definition) is 4. The van der Waals surface area contributed by atoms with Crippen LogP contribution in [-0.2, 0) is 11.3 Å². The number of aliphatic carboxylic acids is 1. The predicted octanol–water partition coefficient (Wildman–Crippen LogP) is 1.05. The van der Waals surface area contributed by atoms with E-state index in [-0.39, 0.29) is 6.54 Å². The largest absolute Gasteiger partial charge is 0.480 e. The first-order valence-corrected chi connectivity index (χ1v) is 4.98. The van der Waals surface area contributed by atoms with Crippen LogP contribution in [0.4, 0.5) is 0 Å². The Bertz CT molecular complexity index is 261. The molecule has 0 saturated heterocycles. The van der Waals surface area contributed by atoms with E-state index in [1.165, 1.54) is 11.3 Å². The number of likely N-dealkylation sites (N-methyl/N-ethyl adjacent to an activating group) is 1. The van der Waals surface area contributed by atoms with Gasteiger partial charge in [0, 0.05) is 11.9 Å². The summed E-state index contributed by atoms with van der Waals surface area (Å²) in [6.45, 7) is 3.36. The summed E-state index contributed by atoms with van der Waals surface area (Å²) in [5.41, 5.74) is 2.69. The van der Waals surface area contributed by atoms with Crippen LogP contribution in [0.3, 0.4) is 0 Å². The summed E-state index contributed by atoms with van der Waals surface area (Å²) in [7, 11) is 0. The van der Waals surface area contributed by atoms with E-state index in [0.717, 1.165) is 12.2 Å². The van der Waals surface area contributed by atoms with Gasteiger partial charge in [-0.15, -0.1) is 11.3 Å². The molecule has 0 aromatic carbocycles. The van der Waals surface area contributed by atoms with E-state index in [1.54, 1.807) is 5.51 Å². The van der Waals surface area contributed by atoms with Crippen LogP contribution in [0.5, 0.6) is 0 Å². The molecule has 0 fully saturated rings. The molecular formula is C8H12N2O2S. The number of hydrogen-bond donors (Lipinski definition) is 1. The number of aromatic nitrogens is 1. The van der Waals surface area contributed by atoms with Gasteiger partial charge < -0.3 is 5.11 Å². The number of nitrogens with zero attached hydrogens (tertiary/aromatic N) is 2. The molecular weight excluding hydrogens is 188 g/mol. The maximum Gasteiger partial charge on any atom is 0.317 e. The van der Waals surface area contributed by atoms with Crippen molar-refractivity contribution in [3.63, 3.8) is 0 Å². The van der Waals surface area contributed by atoms with Gasteiger partial charge in [-0.05, 0) is 6.54 Å². The van der Waals surface area contributed by atoms with Crippen LogP contribution in [0.2, 0.25) is 0 Å². The average Bonchev–Trinajstić information content (AvgIpc) is 2.55. The normalized spacial score (nSPS) is 10.6. The monoisotopic (exact) mass is 200 g/mol. The molecule has 0 atom stereocenters. The van der Waals surface area contributed by atoms with Gasteiger partial charge in [0.15, 0.2) is 0 Å². The Balaban J connectivity index is 2.45. The van der Waals surface area contributed by atoms with Crippen molar-refractivity contribution >= 4 is 17.3 Å². The molecule has 0 aliphatic rings. The highest BCUT2D eigenvalue weighted by Crippen LogP contribution is 2.04. The van der Waals surface area contributed by atoms with Crippen LogP contribution >= 0.6 is 11.3 Å². The summed E-state index contributed by atoms with van der Waals surface area (Å²) >= 11 is 1.53. The fraction of sp³-hybridized carbons (Fsp3) is 0.500. The summed E-state index contributed by atoms with van der Waals surface area (Å²) in [6.07, 6.45) is 0. The number of carboxylic acids is 1. The highest BCUT2D eigenvalue weighted by molar-refractivity contribution is 7.07. The molecule has 0 aliphatic heterocycles. The summed E-state index contributed by atoms with van der Waals surface area (Å²) in [6, 6.07) is 0. The van der Waals surface area contributed by atoms with Crippen LogP contribution in [-0.4, -0.2) is 34.0 Å². The van der Waals surface area contributed by atoms with Crippen LogP contribution in [0, 0.1) is 0 Å². The van der Waals surface area contributed by atoms with E-state index >= 15 is 0 Å². The molecule has 1 N–H and O–H groups in total. The van der Waals surface area contributed by atoms with Crippen molar-refractivity contribution < 1.29 is 9.90 Å². The number of thiazole rings is 1. The Morgan fingerprint density at radius 3 is 3.00 bits per heavy atom. The summed E-state index contributed by atoms with van der Waals surface area (Å²) in [5.74, 6) is -0.794. The molecule has 0 unspecified atom stereocenters. The number of carbonyl (C=O) groups is 1. The lowest BCUT2D eigenvalue weighted by molar-refractivity contribution is -0.138. The smallest absolute Gasteiger partial charge is 0.317 e. The Labute approximate surface area is 80.8 Å². The van der Waals surface area contributed by atoms with Gasteiger partial charge >= 0.3 is 5.97 Å². The van der Waals surface area contributed by atoms with E-state index in [2.05, 4.69) is 4.98 Å². The van der Waals surface area contributed by atoms with Crippen LogP contribution in [0.15, 0.2) is 10.9 Å². The minimum absolute atomic E-state index is 0.0774. The second-order valence-corrected chi connectivity index (χ2v) is 3.40. The third kappa shape index (κ3) is 3.52. The van der Waals surface area contributed by atoms with Gasteiger partial charge in [0.25, 0.3) is 0 Å². The van der Waals surface area contributed by atoms with Gasteiger partial charge in [0.2, 0.25) is 0 Å². The Morgan fingerprint density at radius 2 is 2.54 bits per heavy atom. The maximum atomic E-state index is 10.4. The molecule has 13 heavy (non-hydrogen) atoms. The van der Waals surface area contributed by atoms with Gasteiger partial charge in [-0.25, -0.2) is 4.98 Å². The third-order valence-corrected chi connectivity index (χ3v) is 2.31. The Hall–Kier alpha value is -0.940. The van der Waals surface area contributed by atoms with Gasteiger partial charge in [-0.3, -0.25) is 9.69 Å². The first-order chi connectivity index (χ1) is 6.22. The second-order valence-electron chi connectivity index (χ2n) is 2.68. The van der Waals surface area contributed by atoms with Gasteiger partial charge in [-0.2, -0.15) is 0 Å². The van der Waals surface area contributed by atoms with Crippen molar-refractivity contribution in [3.8, 4) is 0 Å². The molecule has 0 bridgehead atoms. The topological polar surface area (TPSA) is 53.4 Å². The molecule has 0 radical (unpaired) electrons. The van der Waals surface area contributed by atoms with E-state index < -0.39 is 5.97 Å². The summed E-state index contributed by atoms with van der Waals surface area (Å²) in [4.78, 5) is 16.4. The molecule has 1 rings (SSSR count). The molecule has 4 nitrogen and oxygen atoms in total. The van der Waals surface area contributed by atoms with Crippen molar-refractivity contribution in [2.24, 2.45) is 0 Å². The Morgan fingerprint density at radius 1 is 1.77 bits per heavy atom. The Kier molecular flexibility index (Phi) is 3.85. The van der Waals surface area contributed by atoms with Crippen molar-refractivity contribution in [2.75, 3.05) is 13.1 Å². The molecule has 0 spiro atoms. The van der Waals surface area contributed by atoms with Crippen LogP contribution in [0.25, 0.3) is 0 Å². The zero-order valence-electron chi connectivity index (χ0n) is 7.43. The van der Waals surface area contributed by atoms with E-state index in [9.17, 15) is 4.79 Å². The first kappa shape index (κ1) is 10.1. The number of carboxylic acid groups (broad SMARTS) is 1. The standard InChI is InChI=1S/C8H12N2O2S/c1-2-10(4-8(11)12)3-7-5-13-6-9-7/h5-6H,2-4H2,1H3,(H,11,12). The molecule has 1 aromatic heterocycles. The fourth-order valence-electron chi connectivity index (χ4n) is 1.02. The van der Waals surface area contributed by atoms with Crippen LogP contribution in [0.1, 0.15) is 12.6 Å². The minimum Gasteiger partial charge on any atom is -0.480 e. The zero-order chi connectivity index (χ0) is 9.68. The van der Waals surface area contributed by atoms with Gasteiger partial charge in [0.1, 0.15) is 0 Å². The molecule has 5 heteroatoms. The maximum absolute atomic E-state index is 10.4. The predicted molar refractivity (Wildman–Crippen MR) is 50.7 cm³/mol. The zero-order valence-corrected chi connectivity index (χ0v) is 8.25. The second kappa shape index (κ2) is 4.94. The third-order valence-electron chi connectivity index (χ3n) is 1.68. The van der Waals surface area contributed by atoms with E-state index in [1.807, 2.05) is 17.2 Å². The summed E-state index contributed by atoms with van der Waals surface area (Å²) in [5, 5.41) is 10.5. The number of rotatable bonds is 5. The molecule has 0 saturated carbocycles. The fourth-order valence-corrected chi connectivity index (χ4v) is 1.57. The molecule has 0 aliphatic carbocycles. The van der Waals surface area contributed by atoms with E-state index in [0.29, 0.717) is 6.54 Å². The van der Waals surface area contributed by atoms with E-state index in [4.69, 9.17) is 5.11 Å². The minimum atomic E-state index is -0.794. The quantitative estimate of drug-likeness (QED) is 0.772. The van der Waals surface area contributed by atoms with Crippen molar-refractivity contribution in [2.45, 2.75) is 13.5 Å². The summed E-state index contributed by atoms with van der Waals surface area (Å²) < 4.78 is 0. The van der Waals surface area contributed by atoms with Crippen molar-refractivity contribution in [3.05, 3.63) is 16.6 Å². The molecule has 0 amide bonds.